The molecule has 230 valence electrons. The zero-order valence-corrected chi connectivity index (χ0v) is 23.4. The molecule has 13 nitrogen and oxygen atoms in total. The Kier molecular flexibility index (Phi) is 11.5. The van der Waals surface area contributed by atoms with Gasteiger partial charge in [0.05, 0.1) is 32.8 Å². The second kappa shape index (κ2) is 13.9. The van der Waals surface area contributed by atoms with E-state index in [0.29, 0.717) is 33.5 Å². The third-order valence-corrected chi connectivity index (χ3v) is 6.73. The van der Waals surface area contributed by atoms with Crippen LogP contribution in [0.3, 0.4) is 0 Å². The topological polar surface area (TPSA) is 227 Å². The number of aryl methyl sites for hydroxylation is 5. The monoisotopic (exact) mass is 593 g/mol. The molecule has 3 aromatic carbocycles. The number of nitrogens with one attached hydrogen (secondary N) is 4. The zero-order chi connectivity index (χ0) is 30.8. The first-order chi connectivity index (χ1) is 19.1. The predicted molar refractivity (Wildman–Crippen MR) is 174 cm³/mol. The van der Waals surface area contributed by atoms with Crippen molar-refractivity contribution in [2.24, 2.45) is 0 Å². The number of anilines is 2. The molecule has 0 aliphatic rings. The van der Waals surface area contributed by atoms with Crippen LogP contribution in [0.2, 0.25) is 0 Å². The predicted octanol–water partition coefficient (Wildman–Crippen LogP) is 4.31. The van der Waals surface area contributed by atoms with Crippen molar-refractivity contribution in [1.29, 1.82) is 0 Å². The molecule has 5 aromatic rings. The number of aromatic nitrogens is 4. The highest BCUT2D eigenvalue weighted by molar-refractivity contribution is 5.86. The van der Waals surface area contributed by atoms with Crippen LogP contribution in [0.1, 0.15) is 48.2 Å². The summed E-state index contributed by atoms with van der Waals surface area (Å²) in [6.45, 7) is 11.2. The molecule has 2 aromatic heterocycles. The van der Waals surface area contributed by atoms with E-state index >= 15 is 0 Å². The minimum Gasteiger partial charge on any atom is -0.397 e. The van der Waals surface area contributed by atoms with E-state index in [1.54, 1.807) is 19.9 Å². The summed E-state index contributed by atoms with van der Waals surface area (Å²) >= 11 is 0. The molecule has 0 fully saturated rings. The lowest BCUT2D eigenvalue weighted by atomic mass is 10.1. The van der Waals surface area contributed by atoms with E-state index in [9.17, 15) is 29.3 Å². The van der Waals surface area contributed by atoms with Gasteiger partial charge >= 0.3 is 22.2 Å². The number of aromatic amines is 4. The number of nitrogen functional groups attached to an aromatic ring is 2. The number of benzene rings is 3. The molecule has 0 spiro atoms. The van der Waals surface area contributed by atoms with Crippen LogP contribution in [0, 0.1) is 51.7 Å². The van der Waals surface area contributed by atoms with Crippen LogP contribution in [0.4, 0.5) is 17.1 Å². The van der Waals surface area contributed by atoms with Gasteiger partial charge in [-0.3, -0.25) is 29.3 Å². The molecule has 0 amide bonds. The van der Waals surface area contributed by atoms with E-state index in [-0.39, 0.29) is 31.6 Å². The molecule has 0 aliphatic heterocycles. The first-order valence-electron chi connectivity index (χ1n) is 12.4. The average molecular weight is 594 g/mol. The highest BCUT2D eigenvalue weighted by Gasteiger charge is 2.19. The molecular formula is C30H39N7O6. The Morgan fingerprint density at radius 3 is 1.28 bits per heavy atom. The number of nitrogens with zero attached hydrogens (tertiary/aromatic N) is 1. The van der Waals surface area contributed by atoms with E-state index in [2.05, 4.69) is 19.9 Å². The summed E-state index contributed by atoms with van der Waals surface area (Å²) in [5, 5.41) is 11.0. The standard InChI is InChI=1S/C10H9N3O4.C10H10N2O2.C8H12N2.2CH4/c1-4-3-6-7(8(5(4)2)13(16)17)12-10(15)9(14)11-6;1-5-3-7-8(4-6(5)2)12-10(14)9(13)11-7;1-5-3-7(9)8(10)4-6(5)2;;/h3H,1-2H3,(H,11,14)(H,12,15);3-4H,1-2H3,(H,11,13)(H,12,14);3-4H,9-10H2,1-2H3;2*1H4. The Bertz CT molecular complexity index is 1950. The molecule has 5 rings (SSSR count). The number of nitrogens with two attached hydrogens (primary N) is 2. The molecule has 2 heterocycles. The van der Waals surface area contributed by atoms with E-state index < -0.39 is 27.2 Å². The molecule has 0 bridgehead atoms. The fourth-order valence-corrected chi connectivity index (χ4v) is 3.94. The van der Waals surface area contributed by atoms with Crippen molar-refractivity contribution in [3.05, 3.63) is 115 Å². The van der Waals surface area contributed by atoms with E-state index in [1.807, 2.05) is 52.0 Å². The molecule has 8 N–H and O–H groups in total. The molecule has 13 heteroatoms. The van der Waals surface area contributed by atoms with Gasteiger partial charge in [0, 0.05) is 5.56 Å². The highest BCUT2D eigenvalue weighted by Crippen LogP contribution is 2.28. The molecule has 0 unspecified atom stereocenters. The number of rotatable bonds is 1. The second-order valence-corrected chi connectivity index (χ2v) is 9.71. The van der Waals surface area contributed by atoms with Gasteiger partial charge in [-0.2, -0.15) is 0 Å². The summed E-state index contributed by atoms with van der Waals surface area (Å²) < 4.78 is 0. The summed E-state index contributed by atoms with van der Waals surface area (Å²) in [5.41, 5.74) is 16.6. The lowest BCUT2D eigenvalue weighted by Gasteiger charge is -2.05. The molecule has 43 heavy (non-hydrogen) atoms. The SMILES string of the molecule is C.C.Cc1cc(N)c(N)cc1C.Cc1cc2[nH]c(=O)c(=O)[nH]c2c([N+](=O)[O-])c1C.Cc1cc2[nH]c(=O)c(=O)[nH]c2cc1C. The number of hydrogen-bond donors (Lipinski definition) is 6. The van der Waals surface area contributed by atoms with Crippen LogP contribution in [-0.2, 0) is 0 Å². The van der Waals surface area contributed by atoms with Crippen LogP contribution in [-0.4, -0.2) is 24.9 Å². The molecular weight excluding hydrogens is 554 g/mol. The van der Waals surface area contributed by atoms with Crippen LogP contribution in [0.25, 0.3) is 22.1 Å². The molecule has 0 radical (unpaired) electrons. The largest absolute Gasteiger partial charge is 0.397 e. The van der Waals surface area contributed by atoms with Crippen molar-refractivity contribution in [1.82, 2.24) is 19.9 Å². The summed E-state index contributed by atoms with van der Waals surface area (Å²) in [6.07, 6.45) is 0. The van der Waals surface area contributed by atoms with Crippen molar-refractivity contribution < 1.29 is 4.92 Å². The van der Waals surface area contributed by atoms with Crippen molar-refractivity contribution in [3.63, 3.8) is 0 Å². The number of fused-ring (bicyclic) bond motifs is 2. The van der Waals surface area contributed by atoms with E-state index in [1.165, 1.54) is 11.1 Å². The Balaban J connectivity index is 0.000000325. The van der Waals surface area contributed by atoms with Gasteiger partial charge in [-0.25, -0.2) is 0 Å². The first kappa shape index (κ1) is 35.6. The third-order valence-electron chi connectivity index (χ3n) is 6.73. The number of H-pyrrole nitrogens is 4. The summed E-state index contributed by atoms with van der Waals surface area (Å²) in [5.74, 6) is 0. The minimum atomic E-state index is -0.899. The minimum absolute atomic E-state index is 0. The Morgan fingerprint density at radius 1 is 0.558 bits per heavy atom. The lowest BCUT2D eigenvalue weighted by Crippen LogP contribution is -2.29. The van der Waals surface area contributed by atoms with E-state index in [0.717, 1.165) is 11.1 Å². The molecule has 0 saturated carbocycles. The molecule has 0 aliphatic carbocycles. The molecule has 0 saturated heterocycles. The maximum atomic E-state index is 11.2. The van der Waals surface area contributed by atoms with Crippen LogP contribution in [0.5, 0.6) is 0 Å². The van der Waals surface area contributed by atoms with E-state index in [4.69, 9.17) is 11.5 Å². The summed E-state index contributed by atoms with van der Waals surface area (Å²) in [7, 11) is 0. The highest BCUT2D eigenvalue weighted by atomic mass is 16.6. The van der Waals surface area contributed by atoms with Gasteiger partial charge in [0.2, 0.25) is 0 Å². The van der Waals surface area contributed by atoms with Crippen LogP contribution >= 0.6 is 0 Å². The smallest absolute Gasteiger partial charge is 0.314 e. The Morgan fingerprint density at radius 2 is 0.884 bits per heavy atom. The summed E-state index contributed by atoms with van der Waals surface area (Å²) in [4.78, 5) is 64.4. The van der Waals surface area contributed by atoms with Crippen molar-refractivity contribution in [2.75, 3.05) is 11.5 Å². The Hall–Kier alpha value is -5.46. The number of hydrogen-bond acceptors (Lipinski definition) is 8. The zero-order valence-electron chi connectivity index (χ0n) is 23.4. The average Bonchev–Trinajstić information content (AvgIpc) is 2.88. The van der Waals surface area contributed by atoms with Crippen LogP contribution < -0.4 is 33.7 Å². The fourth-order valence-electron chi connectivity index (χ4n) is 3.94. The summed E-state index contributed by atoms with van der Waals surface area (Å²) in [6, 6.07) is 9.08. The third kappa shape index (κ3) is 7.85. The normalized spacial score (nSPS) is 10.0. The maximum Gasteiger partial charge on any atom is 0.314 e. The molecule has 0 atom stereocenters. The lowest BCUT2D eigenvalue weighted by molar-refractivity contribution is -0.383. The van der Waals surface area contributed by atoms with Gasteiger partial charge in [-0.15, -0.1) is 0 Å². The second-order valence-electron chi connectivity index (χ2n) is 9.71. The van der Waals surface area contributed by atoms with Crippen molar-refractivity contribution in [3.8, 4) is 0 Å². The van der Waals surface area contributed by atoms with Gasteiger partial charge in [0.25, 0.3) is 5.69 Å². The quantitative estimate of drug-likeness (QED) is 0.0708. The number of nitro benzene ring substituents is 1. The van der Waals surface area contributed by atoms with Crippen molar-refractivity contribution in [2.45, 2.75) is 56.4 Å². The van der Waals surface area contributed by atoms with Gasteiger partial charge in [0.15, 0.2) is 0 Å². The van der Waals surface area contributed by atoms with Crippen molar-refractivity contribution >= 4 is 39.1 Å². The van der Waals surface area contributed by atoms with Gasteiger partial charge in [-0.1, -0.05) is 14.9 Å². The first-order valence-corrected chi connectivity index (χ1v) is 12.4. The van der Waals surface area contributed by atoms with Crippen LogP contribution in [0.15, 0.2) is 49.5 Å². The van der Waals surface area contributed by atoms with Gasteiger partial charge in [-0.05, 0) is 99.7 Å². The van der Waals surface area contributed by atoms with Gasteiger partial charge < -0.3 is 31.4 Å². The van der Waals surface area contributed by atoms with Gasteiger partial charge in [0.1, 0.15) is 5.52 Å². The Labute approximate surface area is 247 Å². The maximum absolute atomic E-state index is 11.2. The fraction of sp³-hybridized carbons (Fsp3) is 0.267. The number of nitro groups is 1.